The highest BCUT2D eigenvalue weighted by Gasteiger charge is 2.21. The second-order valence-electron chi connectivity index (χ2n) is 7.45. The summed E-state index contributed by atoms with van der Waals surface area (Å²) in [5.74, 6) is 1.31. The lowest BCUT2D eigenvalue weighted by molar-refractivity contribution is -0.116. The molecule has 0 aliphatic carbocycles. The summed E-state index contributed by atoms with van der Waals surface area (Å²) in [5, 5.41) is 11.2. The van der Waals surface area contributed by atoms with E-state index in [0.717, 1.165) is 37.3 Å². The smallest absolute Gasteiger partial charge is 0.261 e. The molecule has 4 rings (SSSR count). The summed E-state index contributed by atoms with van der Waals surface area (Å²) in [6.07, 6.45) is 3.64. The van der Waals surface area contributed by atoms with Crippen molar-refractivity contribution in [1.29, 1.82) is 0 Å². The van der Waals surface area contributed by atoms with Crippen molar-refractivity contribution in [2.45, 2.75) is 38.6 Å². The molecule has 3 heterocycles. The van der Waals surface area contributed by atoms with Crippen molar-refractivity contribution >= 4 is 35.2 Å². The van der Waals surface area contributed by atoms with Gasteiger partial charge in [-0.2, -0.15) is 10.1 Å². The third-order valence-electron chi connectivity index (χ3n) is 5.37. The minimum atomic E-state index is -0.214. The van der Waals surface area contributed by atoms with Crippen molar-refractivity contribution in [1.82, 2.24) is 29.6 Å². The first-order chi connectivity index (χ1) is 14.0. The molecule has 10 heteroatoms. The Kier molecular flexibility index (Phi) is 6.84. The molecule has 0 spiro atoms. The zero-order valence-electron chi connectivity index (χ0n) is 17.1. The Balaban J connectivity index is 0.00000256. The number of aryl methyl sites for hydroxylation is 3. The van der Waals surface area contributed by atoms with Crippen molar-refractivity contribution in [3.05, 3.63) is 46.3 Å². The van der Waals surface area contributed by atoms with Gasteiger partial charge in [-0.25, -0.2) is 9.67 Å². The highest BCUT2D eigenvalue weighted by atomic mass is 35.5. The molecule has 1 aromatic carbocycles. The van der Waals surface area contributed by atoms with E-state index < -0.39 is 0 Å². The molecule has 0 radical (unpaired) electrons. The summed E-state index contributed by atoms with van der Waals surface area (Å²) in [4.78, 5) is 33.9. The molecule has 2 N–H and O–H groups in total. The van der Waals surface area contributed by atoms with Crippen molar-refractivity contribution in [3.63, 3.8) is 0 Å². The average Bonchev–Trinajstić information content (AvgIpc) is 3.09. The highest BCUT2D eigenvalue weighted by molar-refractivity contribution is 5.89. The fraction of sp³-hybridized carbons (Fsp3) is 0.450. The summed E-state index contributed by atoms with van der Waals surface area (Å²) in [5.41, 5.74) is 1.51. The summed E-state index contributed by atoms with van der Waals surface area (Å²) >= 11 is 0. The molecule has 0 atom stereocenters. The van der Waals surface area contributed by atoms with Crippen LogP contribution in [0.1, 0.15) is 36.6 Å². The molecule has 9 nitrogen and oxygen atoms in total. The van der Waals surface area contributed by atoms with Gasteiger partial charge in [0.05, 0.1) is 17.2 Å². The normalized spacial score (nSPS) is 14.5. The largest absolute Gasteiger partial charge is 0.317 e. The fourth-order valence-electron chi connectivity index (χ4n) is 3.67. The van der Waals surface area contributed by atoms with Gasteiger partial charge < -0.3 is 5.32 Å². The summed E-state index contributed by atoms with van der Waals surface area (Å²) < 4.78 is 3.07. The van der Waals surface area contributed by atoms with E-state index in [2.05, 4.69) is 25.7 Å². The van der Waals surface area contributed by atoms with Crippen molar-refractivity contribution < 1.29 is 4.79 Å². The SMILES string of the molecule is Cc1cccc2c(=O)n(CCC(=O)Nc3nc(C4CCNCC4)nn3C)cnc12.Cl. The second kappa shape index (κ2) is 9.36. The Morgan fingerprint density at radius 2 is 2.07 bits per heavy atom. The minimum absolute atomic E-state index is 0. The standard InChI is InChI=1S/C20H25N7O2.ClH/c1-13-4-3-5-15-17(13)22-12-27(19(15)29)11-8-16(28)23-20-24-18(25-26(20)2)14-6-9-21-10-7-14;/h3-5,12,14,21H,6-11H2,1-2H3,(H,23,24,25,28);1H. The van der Waals surface area contributed by atoms with Crippen LogP contribution in [-0.2, 0) is 18.4 Å². The van der Waals surface area contributed by atoms with Gasteiger partial charge >= 0.3 is 0 Å². The van der Waals surface area contributed by atoms with Crippen LogP contribution in [-0.4, -0.2) is 43.3 Å². The first-order valence-corrected chi connectivity index (χ1v) is 9.89. The molecular weight excluding hydrogens is 406 g/mol. The van der Waals surface area contributed by atoms with Crippen LogP contribution < -0.4 is 16.2 Å². The maximum atomic E-state index is 12.6. The van der Waals surface area contributed by atoms with Crippen LogP contribution >= 0.6 is 12.4 Å². The molecule has 3 aromatic rings. The second-order valence-corrected chi connectivity index (χ2v) is 7.45. The number of aromatic nitrogens is 5. The highest BCUT2D eigenvalue weighted by Crippen LogP contribution is 2.23. The lowest BCUT2D eigenvalue weighted by Crippen LogP contribution is -2.27. The molecule has 0 unspecified atom stereocenters. The van der Waals surface area contributed by atoms with Crippen LogP contribution in [0.2, 0.25) is 0 Å². The molecule has 0 bridgehead atoms. The number of nitrogens with zero attached hydrogens (tertiary/aromatic N) is 5. The maximum Gasteiger partial charge on any atom is 0.261 e. The van der Waals surface area contributed by atoms with Gasteiger partial charge in [0.15, 0.2) is 5.82 Å². The molecule has 160 valence electrons. The van der Waals surface area contributed by atoms with Crippen LogP contribution in [0.25, 0.3) is 10.9 Å². The number of carbonyl (C=O) groups is 1. The molecule has 1 aliphatic heterocycles. The molecule has 2 aromatic heterocycles. The number of para-hydroxylation sites is 1. The van der Waals surface area contributed by atoms with Gasteiger partial charge in [-0.1, -0.05) is 12.1 Å². The summed E-state index contributed by atoms with van der Waals surface area (Å²) in [7, 11) is 1.77. The lowest BCUT2D eigenvalue weighted by atomic mass is 9.98. The van der Waals surface area contributed by atoms with Crippen LogP contribution in [0.4, 0.5) is 5.95 Å². The molecule has 1 saturated heterocycles. The zero-order valence-corrected chi connectivity index (χ0v) is 17.9. The molecule has 0 saturated carbocycles. The number of rotatable bonds is 5. The van der Waals surface area contributed by atoms with Gasteiger partial charge in [-0.3, -0.25) is 19.5 Å². The number of carbonyl (C=O) groups excluding carboxylic acids is 1. The monoisotopic (exact) mass is 431 g/mol. The van der Waals surface area contributed by atoms with Crippen LogP contribution in [0, 0.1) is 6.92 Å². The fourth-order valence-corrected chi connectivity index (χ4v) is 3.67. The van der Waals surface area contributed by atoms with E-state index in [-0.39, 0.29) is 36.8 Å². The lowest BCUT2D eigenvalue weighted by Gasteiger charge is -2.19. The molecule has 1 aliphatic rings. The maximum absolute atomic E-state index is 12.6. The van der Waals surface area contributed by atoms with Crippen molar-refractivity contribution in [3.8, 4) is 0 Å². The first kappa shape index (κ1) is 21.9. The Morgan fingerprint density at radius 3 is 2.83 bits per heavy atom. The number of amides is 1. The van der Waals surface area contributed by atoms with Gasteiger partial charge in [0.1, 0.15) is 0 Å². The van der Waals surface area contributed by atoms with E-state index in [4.69, 9.17) is 0 Å². The average molecular weight is 432 g/mol. The predicted molar refractivity (Wildman–Crippen MR) is 117 cm³/mol. The first-order valence-electron chi connectivity index (χ1n) is 9.89. The van der Waals surface area contributed by atoms with E-state index >= 15 is 0 Å². The van der Waals surface area contributed by atoms with E-state index in [1.807, 2.05) is 19.1 Å². The number of fused-ring (bicyclic) bond motifs is 1. The molecule has 30 heavy (non-hydrogen) atoms. The van der Waals surface area contributed by atoms with Gasteiger partial charge in [-0.05, 0) is 44.5 Å². The Morgan fingerprint density at radius 1 is 1.30 bits per heavy atom. The van der Waals surface area contributed by atoms with E-state index in [9.17, 15) is 9.59 Å². The number of piperidine rings is 1. The molecule has 1 fully saturated rings. The number of benzene rings is 1. The minimum Gasteiger partial charge on any atom is -0.317 e. The van der Waals surface area contributed by atoms with Gasteiger partial charge in [0.2, 0.25) is 11.9 Å². The van der Waals surface area contributed by atoms with Gasteiger partial charge in [-0.15, -0.1) is 12.4 Å². The van der Waals surface area contributed by atoms with Gasteiger partial charge in [0, 0.05) is 25.9 Å². The summed E-state index contributed by atoms with van der Waals surface area (Å²) in [6, 6.07) is 5.52. The number of nitrogens with one attached hydrogen (secondary N) is 2. The number of hydrogen-bond acceptors (Lipinski definition) is 6. The zero-order chi connectivity index (χ0) is 20.4. The van der Waals surface area contributed by atoms with Crippen LogP contribution in [0.3, 0.4) is 0 Å². The quantitative estimate of drug-likeness (QED) is 0.637. The third-order valence-corrected chi connectivity index (χ3v) is 5.37. The predicted octanol–water partition coefficient (Wildman–Crippen LogP) is 1.75. The van der Waals surface area contributed by atoms with Gasteiger partial charge in [0.25, 0.3) is 5.56 Å². The number of hydrogen-bond donors (Lipinski definition) is 2. The van der Waals surface area contributed by atoms with Crippen molar-refractivity contribution in [2.75, 3.05) is 18.4 Å². The van der Waals surface area contributed by atoms with E-state index in [1.165, 1.54) is 10.9 Å². The molecular formula is C20H26ClN7O2. The van der Waals surface area contributed by atoms with Crippen LogP contribution in [0.15, 0.2) is 29.3 Å². The Labute approximate surface area is 180 Å². The third kappa shape index (κ3) is 4.52. The Bertz CT molecular complexity index is 1100. The van der Waals surface area contributed by atoms with Crippen LogP contribution in [0.5, 0.6) is 0 Å². The summed E-state index contributed by atoms with van der Waals surface area (Å²) in [6.45, 7) is 4.09. The number of anilines is 1. The van der Waals surface area contributed by atoms with E-state index in [0.29, 0.717) is 22.8 Å². The van der Waals surface area contributed by atoms with E-state index in [1.54, 1.807) is 17.8 Å². The molecule has 1 amide bonds. The topological polar surface area (TPSA) is 107 Å². The van der Waals surface area contributed by atoms with Crippen molar-refractivity contribution in [2.24, 2.45) is 7.05 Å². The number of halogens is 1. The Hall–Kier alpha value is -2.78.